The second-order valence-electron chi connectivity index (χ2n) is 4.27. The van der Waals surface area contributed by atoms with Gasteiger partial charge in [0.2, 0.25) is 5.91 Å². The molecule has 4 nitrogen and oxygen atoms in total. The number of carbonyl (C=O) groups is 2. The molecule has 0 aromatic rings. The third kappa shape index (κ3) is 2.05. The van der Waals surface area contributed by atoms with Crippen molar-refractivity contribution in [3.63, 3.8) is 0 Å². The molecule has 2 atom stereocenters. The third-order valence-corrected chi connectivity index (χ3v) is 2.96. The van der Waals surface area contributed by atoms with Crippen LogP contribution in [0.2, 0.25) is 0 Å². The molecule has 1 saturated heterocycles. The third-order valence-electron chi connectivity index (χ3n) is 2.96. The Morgan fingerprint density at radius 3 is 2.43 bits per heavy atom. The molecule has 14 heavy (non-hydrogen) atoms. The van der Waals surface area contributed by atoms with Gasteiger partial charge in [-0.3, -0.25) is 9.59 Å². The lowest BCUT2D eigenvalue weighted by Gasteiger charge is -2.27. The van der Waals surface area contributed by atoms with Gasteiger partial charge in [-0.25, -0.2) is 0 Å². The Labute approximate surface area is 83.9 Å². The molecular formula is C10H17NO3. The second kappa shape index (κ2) is 3.98. The van der Waals surface area contributed by atoms with E-state index in [4.69, 9.17) is 5.11 Å². The van der Waals surface area contributed by atoms with Gasteiger partial charge >= 0.3 is 5.97 Å². The van der Waals surface area contributed by atoms with E-state index in [9.17, 15) is 9.59 Å². The lowest BCUT2D eigenvalue weighted by atomic mass is 10.1. The summed E-state index contributed by atoms with van der Waals surface area (Å²) in [5.74, 6) is -1.04. The van der Waals surface area contributed by atoms with Gasteiger partial charge in [0.05, 0.1) is 5.92 Å². The summed E-state index contributed by atoms with van der Waals surface area (Å²) in [5.41, 5.74) is 0. The van der Waals surface area contributed by atoms with E-state index in [1.54, 1.807) is 4.90 Å². The van der Waals surface area contributed by atoms with Gasteiger partial charge in [-0.05, 0) is 12.8 Å². The minimum atomic E-state index is -0.864. The van der Waals surface area contributed by atoms with Crippen LogP contribution in [-0.4, -0.2) is 34.5 Å². The zero-order chi connectivity index (χ0) is 10.9. The maximum Gasteiger partial charge on any atom is 0.308 e. The summed E-state index contributed by atoms with van der Waals surface area (Å²) in [6.45, 7) is 6.40. The molecule has 0 unspecified atom stereocenters. The normalized spacial score (nSPS) is 24.4. The Morgan fingerprint density at radius 2 is 2.07 bits per heavy atom. The minimum absolute atomic E-state index is 0.0291. The van der Waals surface area contributed by atoms with Crippen LogP contribution in [0.25, 0.3) is 0 Å². The number of nitrogens with zero attached hydrogens (tertiary/aromatic N) is 1. The van der Waals surface area contributed by atoms with Crippen LogP contribution in [0.5, 0.6) is 0 Å². The van der Waals surface area contributed by atoms with Crippen LogP contribution in [0.15, 0.2) is 0 Å². The Bertz CT molecular complexity index is 250. The highest BCUT2D eigenvalue weighted by atomic mass is 16.4. The van der Waals surface area contributed by atoms with E-state index in [1.165, 1.54) is 0 Å². The molecule has 0 saturated carbocycles. The molecule has 0 aromatic carbocycles. The molecule has 4 heteroatoms. The van der Waals surface area contributed by atoms with Crippen molar-refractivity contribution < 1.29 is 14.7 Å². The van der Waals surface area contributed by atoms with E-state index >= 15 is 0 Å². The molecule has 0 bridgehead atoms. The molecule has 1 aliphatic rings. The molecule has 0 aliphatic carbocycles. The standard InChI is InChI=1S/C10H17NO3/c1-6(2)7(3)11-5-8(10(13)14)4-9(11)12/h6-8H,4-5H2,1-3H3,(H,13,14)/t7-,8+/m0/s1. The molecule has 1 N–H and O–H groups in total. The number of hydrogen-bond donors (Lipinski definition) is 1. The van der Waals surface area contributed by atoms with E-state index in [1.807, 2.05) is 20.8 Å². The molecule has 1 aliphatic heterocycles. The van der Waals surface area contributed by atoms with Crippen molar-refractivity contribution in [1.29, 1.82) is 0 Å². The molecule has 1 amide bonds. The number of carboxylic acids is 1. The van der Waals surface area contributed by atoms with Crippen molar-refractivity contribution in [2.75, 3.05) is 6.54 Å². The summed E-state index contributed by atoms with van der Waals surface area (Å²) < 4.78 is 0. The average molecular weight is 199 g/mol. The number of likely N-dealkylation sites (tertiary alicyclic amines) is 1. The molecule has 0 spiro atoms. The van der Waals surface area contributed by atoms with Gasteiger partial charge in [0.25, 0.3) is 0 Å². The first kappa shape index (κ1) is 11.0. The van der Waals surface area contributed by atoms with Crippen LogP contribution in [0.3, 0.4) is 0 Å². The summed E-state index contributed by atoms with van der Waals surface area (Å²) in [7, 11) is 0. The molecule has 0 aromatic heterocycles. The highest BCUT2D eigenvalue weighted by molar-refractivity contribution is 5.86. The number of rotatable bonds is 3. The van der Waals surface area contributed by atoms with E-state index in [2.05, 4.69) is 0 Å². The van der Waals surface area contributed by atoms with Crippen molar-refractivity contribution in [3.8, 4) is 0 Å². The first-order chi connectivity index (χ1) is 6.43. The lowest BCUT2D eigenvalue weighted by Crippen LogP contribution is -2.38. The number of amides is 1. The van der Waals surface area contributed by atoms with Gasteiger partial charge in [0.15, 0.2) is 0 Å². The summed E-state index contributed by atoms with van der Waals surface area (Å²) in [5, 5.41) is 8.79. The maximum absolute atomic E-state index is 11.5. The summed E-state index contributed by atoms with van der Waals surface area (Å²) in [4.78, 5) is 23.9. The number of hydrogen-bond acceptors (Lipinski definition) is 2. The van der Waals surface area contributed by atoms with Gasteiger partial charge < -0.3 is 10.0 Å². The van der Waals surface area contributed by atoms with Gasteiger partial charge in [0, 0.05) is 19.0 Å². The Kier molecular flexibility index (Phi) is 3.13. The SMILES string of the molecule is CC(C)[C@H](C)N1C[C@H](C(=O)O)CC1=O. The van der Waals surface area contributed by atoms with Gasteiger partial charge in [-0.1, -0.05) is 13.8 Å². The van der Waals surface area contributed by atoms with Crippen molar-refractivity contribution in [3.05, 3.63) is 0 Å². The average Bonchev–Trinajstić information content (AvgIpc) is 2.46. The predicted octanol–water partition coefficient (Wildman–Crippen LogP) is 0.964. The van der Waals surface area contributed by atoms with E-state index < -0.39 is 11.9 Å². The lowest BCUT2D eigenvalue weighted by molar-refractivity contribution is -0.141. The van der Waals surface area contributed by atoms with Crippen LogP contribution in [0.4, 0.5) is 0 Å². The molecule has 80 valence electrons. The van der Waals surface area contributed by atoms with Crippen LogP contribution < -0.4 is 0 Å². The quantitative estimate of drug-likeness (QED) is 0.736. The highest BCUT2D eigenvalue weighted by Crippen LogP contribution is 2.23. The van der Waals surface area contributed by atoms with Crippen molar-refractivity contribution in [2.45, 2.75) is 33.2 Å². The van der Waals surface area contributed by atoms with Gasteiger partial charge in [-0.2, -0.15) is 0 Å². The fourth-order valence-corrected chi connectivity index (χ4v) is 1.65. The molecule has 1 rings (SSSR count). The van der Waals surface area contributed by atoms with Gasteiger partial charge in [0.1, 0.15) is 0 Å². The zero-order valence-corrected chi connectivity index (χ0v) is 8.86. The number of aliphatic carboxylic acids is 1. The van der Waals surface area contributed by atoms with Crippen LogP contribution in [0, 0.1) is 11.8 Å². The molecule has 1 heterocycles. The smallest absolute Gasteiger partial charge is 0.308 e. The Hall–Kier alpha value is -1.06. The van der Waals surface area contributed by atoms with E-state index in [0.717, 1.165) is 0 Å². The minimum Gasteiger partial charge on any atom is -0.481 e. The molecular weight excluding hydrogens is 182 g/mol. The van der Waals surface area contributed by atoms with E-state index in [-0.39, 0.29) is 18.4 Å². The summed E-state index contributed by atoms with van der Waals surface area (Å²) in [6, 6.07) is 0.131. The summed E-state index contributed by atoms with van der Waals surface area (Å²) >= 11 is 0. The van der Waals surface area contributed by atoms with Crippen LogP contribution in [-0.2, 0) is 9.59 Å². The highest BCUT2D eigenvalue weighted by Gasteiger charge is 2.37. The van der Waals surface area contributed by atoms with Crippen molar-refractivity contribution in [2.24, 2.45) is 11.8 Å². The van der Waals surface area contributed by atoms with Crippen LogP contribution in [0.1, 0.15) is 27.2 Å². The fourth-order valence-electron chi connectivity index (χ4n) is 1.65. The van der Waals surface area contributed by atoms with E-state index in [0.29, 0.717) is 12.5 Å². The zero-order valence-electron chi connectivity index (χ0n) is 8.86. The van der Waals surface area contributed by atoms with Crippen molar-refractivity contribution in [1.82, 2.24) is 4.90 Å². The first-order valence-corrected chi connectivity index (χ1v) is 4.95. The van der Waals surface area contributed by atoms with Gasteiger partial charge in [-0.15, -0.1) is 0 Å². The topological polar surface area (TPSA) is 57.6 Å². The largest absolute Gasteiger partial charge is 0.481 e. The fraction of sp³-hybridized carbons (Fsp3) is 0.800. The molecule has 0 radical (unpaired) electrons. The number of carboxylic acid groups (broad SMARTS) is 1. The Balaban J connectivity index is 2.65. The monoisotopic (exact) mass is 199 g/mol. The first-order valence-electron chi connectivity index (χ1n) is 4.95. The number of carbonyl (C=O) groups excluding carboxylic acids is 1. The Morgan fingerprint density at radius 1 is 1.50 bits per heavy atom. The molecule has 1 fully saturated rings. The summed E-state index contributed by atoms with van der Waals surface area (Å²) in [6.07, 6.45) is 0.159. The second-order valence-corrected chi connectivity index (χ2v) is 4.27. The maximum atomic E-state index is 11.5. The van der Waals surface area contributed by atoms with Crippen molar-refractivity contribution >= 4 is 11.9 Å². The van der Waals surface area contributed by atoms with Crippen LogP contribution >= 0.6 is 0 Å². The predicted molar refractivity (Wildman–Crippen MR) is 51.8 cm³/mol.